The number of pyridine rings is 1. The number of ether oxygens (including phenoxy) is 1. The fourth-order valence-electron chi connectivity index (χ4n) is 1.76. The molecule has 0 aliphatic carbocycles. The Bertz CT molecular complexity index is 720. The number of nitro benzene ring substituents is 1. The number of hydrogen-bond donors (Lipinski definition) is 1. The molecule has 2 aromatic rings. The van der Waals surface area contributed by atoms with Crippen LogP contribution < -0.4 is 5.43 Å². The monoisotopic (exact) mass is 262 g/mol. The van der Waals surface area contributed by atoms with E-state index >= 15 is 0 Å². The summed E-state index contributed by atoms with van der Waals surface area (Å²) in [5.74, 6) is -0.802. The lowest BCUT2D eigenvalue weighted by molar-refractivity contribution is -0.383. The molecule has 0 aliphatic heterocycles. The van der Waals surface area contributed by atoms with Gasteiger partial charge >= 0.3 is 5.97 Å². The largest absolute Gasteiger partial charge is 0.462 e. The normalized spacial score (nSPS) is 10.4. The maximum absolute atomic E-state index is 12.1. The summed E-state index contributed by atoms with van der Waals surface area (Å²) in [6, 6.07) is 4.20. The van der Waals surface area contributed by atoms with Crippen molar-refractivity contribution in [3.63, 3.8) is 0 Å². The first-order chi connectivity index (χ1) is 9.06. The van der Waals surface area contributed by atoms with Crippen molar-refractivity contribution < 1.29 is 14.5 Å². The highest BCUT2D eigenvalue weighted by Crippen LogP contribution is 2.21. The van der Waals surface area contributed by atoms with Crippen LogP contribution in [0.1, 0.15) is 17.3 Å². The van der Waals surface area contributed by atoms with Crippen molar-refractivity contribution >= 4 is 22.6 Å². The van der Waals surface area contributed by atoms with Gasteiger partial charge in [0.25, 0.3) is 5.69 Å². The second kappa shape index (κ2) is 4.89. The van der Waals surface area contributed by atoms with Crippen LogP contribution in [0.25, 0.3) is 10.9 Å². The number of nitro groups is 1. The Morgan fingerprint density at radius 1 is 1.47 bits per heavy atom. The summed E-state index contributed by atoms with van der Waals surface area (Å²) in [4.78, 5) is 36.7. The van der Waals surface area contributed by atoms with E-state index in [4.69, 9.17) is 4.74 Å². The third-order valence-electron chi connectivity index (χ3n) is 2.58. The Labute approximate surface area is 107 Å². The highest BCUT2D eigenvalue weighted by Gasteiger charge is 2.20. The fraction of sp³-hybridized carbons (Fsp3) is 0.167. The fourth-order valence-corrected chi connectivity index (χ4v) is 1.76. The molecule has 1 N–H and O–H groups in total. The van der Waals surface area contributed by atoms with Gasteiger partial charge in [0, 0.05) is 12.3 Å². The summed E-state index contributed by atoms with van der Waals surface area (Å²) in [6.07, 6.45) is 1.20. The zero-order chi connectivity index (χ0) is 14.0. The van der Waals surface area contributed by atoms with Crippen LogP contribution >= 0.6 is 0 Å². The summed E-state index contributed by atoms with van der Waals surface area (Å²) in [5.41, 5.74) is -1.000. The molecular formula is C12H10N2O5. The van der Waals surface area contributed by atoms with E-state index in [-0.39, 0.29) is 23.2 Å². The molecule has 7 heteroatoms. The summed E-state index contributed by atoms with van der Waals surface area (Å²) in [7, 11) is 0. The van der Waals surface area contributed by atoms with E-state index in [1.54, 1.807) is 6.92 Å². The number of hydrogen-bond acceptors (Lipinski definition) is 5. The Balaban J connectivity index is 2.76. The molecule has 1 heterocycles. The number of nitrogens with zero attached hydrogens (tertiary/aromatic N) is 1. The number of carbonyl (C=O) groups is 1. The number of benzene rings is 1. The Morgan fingerprint density at radius 2 is 2.21 bits per heavy atom. The Morgan fingerprint density at radius 3 is 2.84 bits per heavy atom. The maximum atomic E-state index is 12.1. The molecule has 0 radical (unpaired) electrons. The summed E-state index contributed by atoms with van der Waals surface area (Å²) in [6.45, 7) is 1.72. The molecule has 1 aromatic carbocycles. The topological polar surface area (TPSA) is 102 Å². The van der Waals surface area contributed by atoms with Gasteiger partial charge < -0.3 is 9.72 Å². The molecule has 98 valence electrons. The van der Waals surface area contributed by atoms with Crippen molar-refractivity contribution in [2.75, 3.05) is 6.61 Å². The molecule has 0 unspecified atom stereocenters. The smallest absolute Gasteiger partial charge is 0.343 e. The van der Waals surface area contributed by atoms with E-state index in [1.807, 2.05) is 0 Å². The predicted molar refractivity (Wildman–Crippen MR) is 67.2 cm³/mol. The average Bonchev–Trinajstić information content (AvgIpc) is 2.38. The van der Waals surface area contributed by atoms with Crippen molar-refractivity contribution in [3.8, 4) is 0 Å². The number of rotatable bonds is 3. The molecule has 0 saturated heterocycles. The van der Waals surface area contributed by atoms with Gasteiger partial charge in [-0.15, -0.1) is 0 Å². The predicted octanol–water partition coefficient (Wildman–Crippen LogP) is 1.61. The zero-order valence-electron chi connectivity index (χ0n) is 10.0. The first-order valence-corrected chi connectivity index (χ1v) is 5.52. The molecule has 0 spiro atoms. The molecule has 7 nitrogen and oxygen atoms in total. The van der Waals surface area contributed by atoms with E-state index in [2.05, 4.69) is 4.98 Å². The molecule has 0 amide bonds. The number of aromatic amines is 1. The molecule has 19 heavy (non-hydrogen) atoms. The minimum absolute atomic E-state index is 0.118. The molecule has 0 bridgehead atoms. The third-order valence-corrected chi connectivity index (χ3v) is 2.58. The summed E-state index contributed by atoms with van der Waals surface area (Å²) >= 11 is 0. The van der Waals surface area contributed by atoms with Crippen molar-refractivity contribution in [3.05, 3.63) is 50.3 Å². The van der Waals surface area contributed by atoms with Gasteiger partial charge in [-0.2, -0.15) is 0 Å². The van der Waals surface area contributed by atoms with E-state index in [9.17, 15) is 19.7 Å². The lowest BCUT2D eigenvalue weighted by Gasteiger charge is -2.03. The van der Waals surface area contributed by atoms with Crippen LogP contribution in [-0.2, 0) is 4.74 Å². The van der Waals surface area contributed by atoms with Crippen molar-refractivity contribution in [1.29, 1.82) is 0 Å². The van der Waals surface area contributed by atoms with Gasteiger partial charge in [-0.3, -0.25) is 14.9 Å². The van der Waals surface area contributed by atoms with Gasteiger partial charge in [-0.1, -0.05) is 6.07 Å². The van der Waals surface area contributed by atoms with Crippen molar-refractivity contribution in [1.82, 2.24) is 4.98 Å². The quantitative estimate of drug-likeness (QED) is 0.514. The number of non-ortho nitro benzene ring substituents is 1. The van der Waals surface area contributed by atoms with E-state index in [1.165, 1.54) is 24.4 Å². The number of nitrogens with one attached hydrogen (secondary N) is 1. The average molecular weight is 262 g/mol. The van der Waals surface area contributed by atoms with Crippen LogP contribution in [-0.4, -0.2) is 22.5 Å². The number of esters is 1. The van der Waals surface area contributed by atoms with Gasteiger partial charge in [0.1, 0.15) is 10.9 Å². The lowest BCUT2D eigenvalue weighted by Crippen LogP contribution is -2.18. The maximum Gasteiger partial charge on any atom is 0.343 e. The molecule has 1 aromatic heterocycles. The van der Waals surface area contributed by atoms with Crippen LogP contribution in [0.15, 0.2) is 29.2 Å². The van der Waals surface area contributed by atoms with Crippen molar-refractivity contribution in [2.24, 2.45) is 0 Å². The third kappa shape index (κ3) is 2.17. The minimum atomic E-state index is -0.802. The summed E-state index contributed by atoms with van der Waals surface area (Å²) < 4.78 is 4.73. The van der Waals surface area contributed by atoms with Crippen LogP contribution in [0.2, 0.25) is 0 Å². The highest BCUT2D eigenvalue weighted by atomic mass is 16.6. The molecule has 0 fully saturated rings. The SMILES string of the molecule is CCOC(=O)c1c[nH]c2cccc([N+](=O)[O-])c2c1=O. The molecular weight excluding hydrogens is 252 g/mol. The van der Waals surface area contributed by atoms with Crippen LogP contribution in [0.3, 0.4) is 0 Å². The standard InChI is InChI=1S/C12H10N2O5/c1-2-19-12(16)7-6-13-8-4-3-5-9(14(17)18)10(8)11(7)15/h3-6H,2H2,1H3,(H,13,15). The van der Waals surface area contributed by atoms with Gasteiger partial charge in [0.2, 0.25) is 5.43 Å². The van der Waals surface area contributed by atoms with Crippen LogP contribution in [0.4, 0.5) is 5.69 Å². The number of carbonyl (C=O) groups excluding carboxylic acids is 1. The highest BCUT2D eigenvalue weighted by molar-refractivity contribution is 5.96. The molecule has 0 atom stereocenters. The van der Waals surface area contributed by atoms with Gasteiger partial charge in [0.05, 0.1) is 17.0 Å². The first kappa shape index (κ1) is 12.7. The second-order valence-corrected chi connectivity index (χ2v) is 3.71. The number of aromatic nitrogens is 1. The lowest BCUT2D eigenvalue weighted by atomic mass is 10.1. The van der Waals surface area contributed by atoms with E-state index in [0.717, 1.165) is 0 Å². The van der Waals surface area contributed by atoms with E-state index < -0.39 is 16.3 Å². The second-order valence-electron chi connectivity index (χ2n) is 3.71. The molecule has 0 aliphatic rings. The Kier molecular flexibility index (Phi) is 3.28. The summed E-state index contributed by atoms with van der Waals surface area (Å²) in [5, 5.41) is 10.8. The van der Waals surface area contributed by atoms with E-state index in [0.29, 0.717) is 5.52 Å². The van der Waals surface area contributed by atoms with Crippen LogP contribution in [0, 0.1) is 10.1 Å². The zero-order valence-corrected chi connectivity index (χ0v) is 10.0. The van der Waals surface area contributed by atoms with Crippen LogP contribution in [0.5, 0.6) is 0 Å². The van der Waals surface area contributed by atoms with Crippen molar-refractivity contribution in [2.45, 2.75) is 6.92 Å². The van der Waals surface area contributed by atoms with Gasteiger partial charge in [-0.25, -0.2) is 4.79 Å². The number of fused-ring (bicyclic) bond motifs is 1. The van der Waals surface area contributed by atoms with Gasteiger partial charge in [0.15, 0.2) is 0 Å². The first-order valence-electron chi connectivity index (χ1n) is 5.52. The Hall–Kier alpha value is -2.70. The van der Waals surface area contributed by atoms with Gasteiger partial charge in [-0.05, 0) is 13.0 Å². The molecule has 2 rings (SSSR count). The molecule has 0 saturated carbocycles. The number of H-pyrrole nitrogens is 1. The minimum Gasteiger partial charge on any atom is -0.462 e.